The molecular weight excluding hydrogens is 504 g/mol. The van der Waals surface area contributed by atoms with Crippen molar-refractivity contribution in [2.45, 2.75) is 36.4 Å². The molecule has 34 heavy (non-hydrogen) atoms. The molecule has 2 aromatic rings. The van der Waals surface area contributed by atoms with Crippen LogP contribution < -0.4 is 0 Å². The zero-order chi connectivity index (χ0) is 24.5. The van der Waals surface area contributed by atoms with Gasteiger partial charge in [-0.1, -0.05) is 41.9 Å². The Balaban J connectivity index is 1.37. The molecule has 1 unspecified atom stereocenters. The van der Waals surface area contributed by atoms with Crippen molar-refractivity contribution in [2.24, 2.45) is 0 Å². The van der Waals surface area contributed by atoms with Crippen LogP contribution in [0.4, 0.5) is 4.79 Å². The maximum Gasteiger partial charge on any atom is 0.410 e. The van der Waals surface area contributed by atoms with Crippen LogP contribution in [0.3, 0.4) is 0 Å². The van der Waals surface area contributed by atoms with E-state index in [-0.39, 0.29) is 40.0 Å². The fraction of sp³-hybridized carbons (Fsp3) is 0.409. The van der Waals surface area contributed by atoms with Crippen LogP contribution in [0.2, 0.25) is 5.02 Å². The van der Waals surface area contributed by atoms with E-state index < -0.39 is 27.9 Å². The van der Waals surface area contributed by atoms with E-state index in [1.165, 1.54) is 10.3 Å². The van der Waals surface area contributed by atoms with Gasteiger partial charge in [-0.15, -0.1) is 11.3 Å². The molecule has 2 fully saturated rings. The van der Waals surface area contributed by atoms with E-state index in [0.717, 1.165) is 23.2 Å². The number of cyclic esters (lactones) is 1. The molecule has 2 aliphatic rings. The third-order valence-corrected chi connectivity index (χ3v) is 8.70. The Bertz CT molecular complexity index is 1190. The molecule has 0 bridgehead atoms. The quantitative estimate of drug-likeness (QED) is 0.532. The number of thiophene rings is 1. The molecule has 12 heteroatoms. The van der Waals surface area contributed by atoms with Gasteiger partial charge in [-0.05, 0) is 18.4 Å². The van der Waals surface area contributed by atoms with Gasteiger partial charge in [-0.2, -0.15) is 0 Å². The van der Waals surface area contributed by atoms with E-state index in [2.05, 4.69) is 0 Å². The number of carbonyl (C=O) groups is 3. The minimum absolute atomic E-state index is 0.0610. The Hall–Kier alpha value is -2.63. The molecule has 4 rings (SSSR count). The highest BCUT2D eigenvalue weighted by Crippen LogP contribution is 2.33. The van der Waals surface area contributed by atoms with Crippen LogP contribution in [0.5, 0.6) is 0 Å². The summed E-state index contributed by atoms with van der Waals surface area (Å²) in [6.45, 7) is 0.663. The number of nitrogens with zero attached hydrogens (tertiary/aromatic N) is 2. The first-order chi connectivity index (χ1) is 16.2. The summed E-state index contributed by atoms with van der Waals surface area (Å²) in [5, 5.41) is 1.30. The van der Waals surface area contributed by atoms with Crippen molar-refractivity contribution in [3.05, 3.63) is 51.2 Å². The highest BCUT2D eigenvalue weighted by Gasteiger charge is 2.44. The molecule has 182 valence electrons. The lowest BCUT2D eigenvalue weighted by Gasteiger charge is -2.37. The third-order valence-electron chi connectivity index (χ3n) is 5.85. The monoisotopic (exact) mass is 526 g/mol. The predicted octanol–water partition coefficient (Wildman–Crippen LogP) is 2.97. The minimum atomic E-state index is -3.53. The van der Waals surface area contributed by atoms with E-state index in [4.69, 9.17) is 21.1 Å². The van der Waals surface area contributed by atoms with Crippen molar-refractivity contribution in [1.82, 2.24) is 9.80 Å². The molecule has 0 saturated carbocycles. The fourth-order valence-electron chi connectivity index (χ4n) is 4.06. The first kappa shape index (κ1) is 24.5. The van der Waals surface area contributed by atoms with Crippen LogP contribution in [-0.2, 0) is 30.7 Å². The second kappa shape index (κ2) is 9.93. The number of hydrogen-bond donors (Lipinski definition) is 0. The number of carbonyl (C=O) groups excluding carboxylic acids is 3. The van der Waals surface area contributed by atoms with E-state index in [1.807, 2.05) is 30.3 Å². The Kier molecular flexibility index (Phi) is 7.15. The first-order valence-electron chi connectivity index (χ1n) is 10.6. The van der Waals surface area contributed by atoms with Gasteiger partial charge in [0, 0.05) is 30.8 Å². The zero-order valence-electron chi connectivity index (χ0n) is 18.3. The lowest BCUT2D eigenvalue weighted by molar-refractivity contribution is -0.150. The Morgan fingerprint density at radius 1 is 1.21 bits per heavy atom. The van der Waals surface area contributed by atoms with Crippen molar-refractivity contribution in [2.75, 3.05) is 26.0 Å². The lowest BCUT2D eigenvalue weighted by Crippen LogP contribution is -2.52. The summed E-state index contributed by atoms with van der Waals surface area (Å²) in [6.07, 6.45) is 1.33. The molecule has 2 amide bonds. The summed E-state index contributed by atoms with van der Waals surface area (Å²) in [5.74, 6) is -0.891. The van der Waals surface area contributed by atoms with E-state index in [1.54, 1.807) is 4.90 Å². The van der Waals surface area contributed by atoms with Gasteiger partial charge in [0.15, 0.2) is 15.9 Å². The lowest BCUT2D eigenvalue weighted by atomic mass is 10.0. The van der Waals surface area contributed by atoms with Gasteiger partial charge >= 0.3 is 12.1 Å². The zero-order valence-corrected chi connectivity index (χ0v) is 20.7. The number of hydrogen-bond acceptors (Lipinski definition) is 8. The van der Waals surface area contributed by atoms with E-state index >= 15 is 0 Å². The minimum Gasteiger partial charge on any atom is -0.459 e. The van der Waals surface area contributed by atoms with Crippen LogP contribution >= 0.6 is 22.9 Å². The fourth-order valence-corrected chi connectivity index (χ4v) is 6.93. The molecule has 3 heterocycles. The second-order valence-corrected chi connectivity index (χ2v) is 11.4. The van der Waals surface area contributed by atoms with Crippen molar-refractivity contribution in [3.63, 3.8) is 0 Å². The summed E-state index contributed by atoms with van der Waals surface area (Å²) in [4.78, 5) is 41.1. The average Bonchev–Trinajstić information content (AvgIpc) is 3.40. The number of rotatable bonds is 6. The summed E-state index contributed by atoms with van der Waals surface area (Å²) >= 11 is 7.16. The van der Waals surface area contributed by atoms with Gasteiger partial charge in [-0.25, -0.2) is 18.0 Å². The van der Waals surface area contributed by atoms with E-state index in [0.29, 0.717) is 25.9 Å². The summed E-state index contributed by atoms with van der Waals surface area (Å²) in [5.41, 5.74) is 0.839. The maximum atomic E-state index is 12.9. The summed E-state index contributed by atoms with van der Waals surface area (Å²) in [7, 11) is -3.53. The van der Waals surface area contributed by atoms with Gasteiger partial charge in [-0.3, -0.25) is 9.69 Å². The average molecular weight is 527 g/mol. The summed E-state index contributed by atoms with van der Waals surface area (Å²) in [6, 6.07) is 8.10. The largest absolute Gasteiger partial charge is 0.459 e. The Morgan fingerprint density at radius 3 is 2.50 bits per heavy atom. The normalized spacial score (nSPS) is 19.2. The van der Waals surface area contributed by atoms with Crippen molar-refractivity contribution in [1.29, 1.82) is 0 Å². The van der Waals surface area contributed by atoms with Crippen LogP contribution in [0, 0.1) is 0 Å². The molecule has 0 N–H and O–H groups in total. The van der Waals surface area contributed by atoms with E-state index in [9.17, 15) is 22.8 Å². The molecule has 0 radical (unpaired) electrons. The highest BCUT2D eigenvalue weighted by molar-refractivity contribution is 7.91. The molecule has 0 aliphatic carbocycles. The van der Waals surface area contributed by atoms with Crippen LogP contribution in [0.15, 0.2) is 40.6 Å². The van der Waals surface area contributed by atoms with Crippen molar-refractivity contribution in [3.8, 4) is 0 Å². The first-order valence-corrected chi connectivity index (χ1v) is 13.7. The molecule has 1 atom stereocenters. The van der Waals surface area contributed by atoms with Gasteiger partial charge < -0.3 is 14.4 Å². The molecular formula is C22H23ClN2O7S2. The van der Waals surface area contributed by atoms with Crippen LogP contribution in [0.25, 0.3) is 0 Å². The maximum absolute atomic E-state index is 12.9. The number of sulfone groups is 1. The smallest absolute Gasteiger partial charge is 0.410 e. The number of amides is 2. The summed E-state index contributed by atoms with van der Waals surface area (Å²) < 4.78 is 34.2. The standard InChI is InChI=1S/C22H23ClN2O7S2/c1-34(29,30)17-13-33-19(18(17)23)20(26)24-9-7-15(8-10-24)25-16(12-32-22(25)28)21(27)31-11-14-5-3-2-4-6-14/h2-6,13,15-16H,7-12H2,1H3. The molecule has 2 saturated heterocycles. The number of ether oxygens (including phenoxy) is 2. The topological polar surface area (TPSA) is 110 Å². The molecule has 0 spiro atoms. The molecule has 9 nitrogen and oxygen atoms in total. The number of likely N-dealkylation sites (tertiary alicyclic amines) is 1. The van der Waals surface area contributed by atoms with Crippen molar-refractivity contribution < 1.29 is 32.3 Å². The Labute approximate surface area is 206 Å². The van der Waals surface area contributed by atoms with Gasteiger partial charge in [0.25, 0.3) is 5.91 Å². The predicted molar refractivity (Wildman–Crippen MR) is 125 cm³/mol. The van der Waals surface area contributed by atoms with Crippen LogP contribution in [0.1, 0.15) is 28.1 Å². The van der Waals surface area contributed by atoms with Gasteiger partial charge in [0.2, 0.25) is 0 Å². The molecule has 1 aromatic heterocycles. The van der Waals surface area contributed by atoms with Gasteiger partial charge in [0.1, 0.15) is 18.1 Å². The third kappa shape index (κ3) is 5.06. The number of benzene rings is 1. The Morgan fingerprint density at radius 2 is 1.88 bits per heavy atom. The number of halogens is 1. The molecule has 2 aliphatic heterocycles. The van der Waals surface area contributed by atoms with Gasteiger partial charge in [0.05, 0.1) is 9.92 Å². The SMILES string of the molecule is CS(=O)(=O)c1csc(C(=O)N2CCC(N3C(=O)OCC3C(=O)OCc3ccccc3)CC2)c1Cl. The molecule has 1 aromatic carbocycles. The van der Waals surface area contributed by atoms with Crippen LogP contribution in [-0.4, -0.2) is 74.2 Å². The highest BCUT2D eigenvalue weighted by atomic mass is 35.5. The number of esters is 1. The number of piperidine rings is 1. The van der Waals surface area contributed by atoms with Crippen molar-refractivity contribution >= 4 is 50.7 Å². The second-order valence-electron chi connectivity index (χ2n) is 8.13.